The fourth-order valence-corrected chi connectivity index (χ4v) is 1.64. The van der Waals surface area contributed by atoms with Crippen molar-refractivity contribution in [2.45, 2.75) is 6.54 Å². The molecule has 96 valence electrons. The molecule has 5 nitrogen and oxygen atoms in total. The number of nitrogens with one attached hydrogen (secondary N) is 2. The van der Waals surface area contributed by atoms with E-state index in [1.54, 1.807) is 12.1 Å². The summed E-state index contributed by atoms with van der Waals surface area (Å²) in [6.45, 7) is 0.490. The molecule has 4 N–H and O–H groups in total. The van der Waals surface area contributed by atoms with E-state index in [1.165, 1.54) is 18.3 Å². The monoisotopic (exact) mass is 315 g/mol. The van der Waals surface area contributed by atoms with Crippen molar-refractivity contribution in [3.8, 4) is 0 Å². The number of rotatable bonds is 3. The summed E-state index contributed by atoms with van der Waals surface area (Å²) in [4.78, 5) is 11.2. The number of benzene rings is 1. The zero-order chi connectivity index (χ0) is 12.3. The first kappa shape index (κ1) is 14.3. The van der Waals surface area contributed by atoms with Crippen LogP contribution in [0, 0.1) is 5.82 Å². The molecule has 2 rings (SSSR count). The van der Waals surface area contributed by atoms with Crippen molar-refractivity contribution < 1.29 is 9.87 Å². The Morgan fingerprint density at radius 1 is 1.33 bits per heavy atom. The highest BCUT2D eigenvalue weighted by Gasteiger charge is 2.03. The average Bonchev–Trinajstić information content (AvgIpc) is 2.33. The maximum absolute atomic E-state index is 12.7. The van der Waals surface area contributed by atoms with Crippen molar-refractivity contribution in [1.82, 2.24) is 10.2 Å². The lowest BCUT2D eigenvalue weighted by Gasteiger charge is -2.06. The van der Waals surface area contributed by atoms with Gasteiger partial charge >= 0.3 is 0 Å². The summed E-state index contributed by atoms with van der Waals surface area (Å²) < 4.78 is 13.1. The molecule has 7 heteroatoms. The Morgan fingerprint density at radius 2 is 2.00 bits per heavy atom. The second-order valence-corrected chi connectivity index (χ2v) is 4.20. The maximum Gasteiger partial charge on any atom is 0.280 e. The number of anilines is 1. The number of hydrogen-bond acceptors (Lipinski definition) is 3. The van der Waals surface area contributed by atoms with Crippen LogP contribution in [0.5, 0.6) is 0 Å². The van der Waals surface area contributed by atoms with Gasteiger partial charge in [-0.05, 0) is 33.6 Å². The normalized spacial score (nSPS) is 9.67. The molecular formula is C11H11BrFN3O2. The van der Waals surface area contributed by atoms with Crippen LogP contribution in [0.25, 0.3) is 0 Å². The molecule has 0 aliphatic heterocycles. The Hall–Kier alpha value is -1.73. The molecule has 1 aromatic carbocycles. The Balaban J connectivity index is 0.00000162. The standard InChI is InChI=1S/C11H9BrFN3O.H2O/c12-10-9(6-15-16-11(10)17)14-5-7-1-3-8(13)4-2-7;/h1-4,6H,5H2,(H2,14,16,17);1H2. The van der Waals surface area contributed by atoms with Crippen LogP contribution >= 0.6 is 15.9 Å². The first-order valence-electron chi connectivity index (χ1n) is 4.88. The van der Waals surface area contributed by atoms with Crippen LogP contribution in [-0.4, -0.2) is 15.7 Å². The minimum Gasteiger partial charge on any atom is -0.412 e. The fraction of sp³-hybridized carbons (Fsp3) is 0.0909. The molecule has 2 aromatic rings. The predicted octanol–water partition coefficient (Wildman–Crippen LogP) is 1.46. The zero-order valence-electron chi connectivity index (χ0n) is 9.21. The van der Waals surface area contributed by atoms with Crippen LogP contribution in [0.2, 0.25) is 0 Å². The average molecular weight is 316 g/mol. The van der Waals surface area contributed by atoms with Gasteiger partial charge in [0.1, 0.15) is 10.3 Å². The van der Waals surface area contributed by atoms with E-state index < -0.39 is 0 Å². The van der Waals surface area contributed by atoms with Gasteiger partial charge in [-0.3, -0.25) is 4.79 Å². The molecule has 0 bridgehead atoms. The van der Waals surface area contributed by atoms with Crippen molar-refractivity contribution in [3.63, 3.8) is 0 Å². The molecule has 0 aliphatic carbocycles. The van der Waals surface area contributed by atoms with Crippen molar-refractivity contribution in [1.29, 1.82) is 0 Å². The Kier molecular flexibility index (Phi) is 4.99. The molecule has 0 radical (unpaired) electrons. The summed E-state index contributed by atoms with van der Waals surface area (Å²) in [7, 11) is 0. The van der Waals surface area contributed by atoms with Gasteiger partial charge < -0.3 is 10.8 Å². The SMILES string of the molecule is O.O=c1[nH]ncc(NCc2ccc(F)cc2)c1Br. The third kappa shape index (κ3) is 3.38. The van der Waals surface area contributed by atoms with E-state index in [1.807, 2.05) is 0 Å². The third-order valence-corrected chi connectivity index (χ3v) is 2.98. The van der Waals surface area contributed by atoms with E-state index in [0.717, 1.165) is 5.56 Å². The number of halogens is 2. The molecule has 0 unspecified atom stereocenters. The Labute approximate surface area is 110 Å². The van der Waals surface area contributed by atoms with Crippen LogP contribution in [0.1, 0.15) is 5.56 Å². The minimum absolute atomic E-state index is 0. The van der Waals surface area contributed by atoms with E-state index in [4.69, 9.17) is 0 Å². The molecule has 0 atom stereocenters. The van der Waals surface area contributed by atoms with Crippen LogP contribution in [0.4, 0.5) is 10.1 Å². The highest BCUT2D eigenvalue weighted by atomic mass is 79.9. The molecule has 0 amide bonds. The van der Waals surface area contributed by atoms with Gasteiger partial charge in [-0.25, -0.2) is 9.49 Å². The van der Waals surface area contributed by atoms with Crippen molar-refractivity contribution in [2.75, 3.05) is 5.32 Å². The molecule has 0 spiro atoms. The number of aromatic amines is 1. The zero-order valence-corrected chi connectivity index (χ0v) is 10.8. The van der Waals surface area contributed by atoms with Gasteiger partial charge in [-0.15, -0.1) is 0 Å². The van der Waals surface area contributed by atoms with Gasteiger partial charge in [0.25, 0.3) is 5.56 Å². The molecule has 0 fully saturated rings. The van der Waals surface area contributed by atoms with Gasteiger partial charge in [0, 0.05) is 6.54 Å². The smallest absolute Gasteiger partial charge is 0.280 e. The Bertz CT molecular complexity index is 571. The van der Waals surface area contributed by atoms with Crippen LogP contribution in [0.3, 0.4) is 0 Å². The molecule has 0 saturated heterocycles. The van der Waals surface area contributed by atoms with E-state index in [0.29, 0.717) is 16.7 Å². The summed E-state index contributed by atoms with van der Waals surface area (Å²) in [5.41, 5.74) is 1.21. The van der Waals surface area contributed by atoms with Crippen molar-refractivity contribution >= 4 is 21.6 Å². The third-order valence-electron chi connectivity index (χ3n) is 2.19. The fourth-order valence-electron chi connectivity index (χ4n) is 1.31. The topological polar surface area (TPSA) is 89.3 Å². The minimum atomic E-state index is -0.297. The Morgan fingerprint density at radius 3 is 2.67 bits per heavy atom. The van der Waals surface area contributed by atoms with Crippen LogP contribution in [0.15, 0.2) is 39.7 Å². The number of hydrogen-bond donors (Lipinski definition) is 2. The largest absolute Gasteiger partial charge is 0.412 e. The summed E-state index contributed by atoms with van der Waals surface area (Å²) in [6.07, 6.45) is 1.51. The van der Waals surface area contributed by atoms with E-state index in [2.05, 4.69) is 31.4 Å². The van der Waals surface area contributed by atoms with Crippen molar-refractivity contribution in [2.24, 2.45) is 0 Å². The van der Waals surface area contributed by atoms with Gasteiger partial charge in [0.2, 0.25) is 0 Å². The molecular weight excluding hydrogens is 305 g/mol. The predicted molar refractivity (Wildman–Crippen MR) is 69.9 cm³/mol. The van der Waals surface area contributed by atoms with Crippen LogP contribution in [-0.2, 0) is 6.54 Å². The van der Waals surface area contributed by atoms with Gasteiger partial charge in [0.05, 0.1) is 11.9 Å². The molecule has 0 saturated carbocycles. The van der Waals surface area contributed by atoms with Crippen molar-refractivity contribution in [3.05, 3.63) is 56.7 Å². The van der Waals surface area contributed by atoms with E-state index in [9.17, 15) is 9.18 Å². The second-order valence-electron chi connectivity index (χ2n) is 3.41. The first-order chi connectivity index (χ1) is 8.16. The lowest BCUT2D eigenvalue weighted by Crippen LogP contribution is -2.12. The number of aromatic nitrogens is 2. The first-order valence-corrected chi connectivity index (χ1v) is 5.67. The second kappa shape index (κ2) is 6.27. The van der Waals surface area contributed by atoms with Crippen LogP contribution < -0.4 is 10.9 Å². The molecule has 0 aliphatic rings. The molecule has 1 aromatic heterocycles. The lowest BCUT2D eigenvalue weighted by atomic mass is 10.2. The van der Waals surface area contributed by atoms with Gasteiger partial charge in [-0.1, -0.05) is 12.1 Å². The summed E-state index contributed by atoms with van der Waals surface area (Å²) in [6, 6.07) is 6.14. The number of nitrogens with zero attached hydrogens (tertiary/aromatic N) is 1. The van der Waals surface area contributed by atoms with E-state index in [-0.39, 0.29) is 16.9 Å². The number of H-pyrrole nitrogens is 1. The van der Waals surface area contributed by atoms with E-state index >= 15 is 0 Å². The highest BCUT2D eigenvalue weighted by Crippen LogP contribution is 2.16. The van der Waals surface area contributed by atoms with Gasteiger partial charge in [-0.2, -0.15) is 5.10 Å². The van der Waals surface area contributed by atoms with Gasteiger partial charge in [0.15, 0.2) is 0 Å². The molecule has 18 heavy (non-hydrogen) atoms. The molecule has 1 heterocycles. The highest BCUT2D eigenvalue weighted by molar-refractivity contribution is 9.10. The maximum atomic E-state index is 12.7. The summed E-state index contributed by atoms with van der Waals surface area (Å²) in [5, 5.41) is 9.02. The quantitative estimate of drug-likeness (QED) is 0.898. The summed E-state index contributed by atoms with van der Waals surface area (Å²) in [5.74, 6) is -0.271. The lowest BCUT2D eigenvalue weighted by molar-refractivity contribution is 0.627. The summed E-state index contributed by atoms with van der Waals surface area (Å²) >= 11 is 3.16.